The third-order valence-electron chi connectivity index (χ3n) is 5.27. The highest BCUT2D eigenvalue weighted by atomic mass is 32.2. The molecule has 0 spiro atoms. The van der Waals surface area contributed by atoms with Crippen molar-refractivity contribution < 1.29 is 14.6 Å². The van der Waals surface area contributed by atoms with Crippen molar-refractivity contribution in [3.05, 3.63) is 107 Å². The maximum Gasteiger partial charge on any atom is 0.349 e. The molecule has 0 fully saturated rings. The Morgan fingerprint density at radius 3 is 2.26 bits per heavy atom. The Morgan fingerprint density at radius 2 is 1.58 bits per heavy atom. The first kappa shape index (κ1) is 21.6. The van der Waals surface area contributed by atoms with Crippen molar-refractivity contribution in [1.29, 1.82) is 0 Å². The fourth-order valence-corrected chi connectivity index (χ4v) is 5.72. The first-order valence-corrected chi connectivity index (χ1v) is 12.1. The Bertz CT molecular complexity index is 1080. The Kier molecular flexibility index (Phi) is 6.73. The monoisotopic (exact) mass is 448 g/mol. The fraction of sp³-hybridized carbons (Fsp3) is 0.192. The van der Waals surface area contributed by atoms with E-state index in [1.54, 1.807) is 11.8 Å². The van der Waals surface area contributed by atoms with E-state index in [9.17, 15) is 9.90 Å². The lowest BCUT2D eigenvalue weighted by molar-refractivity contribution is -0.156. The van der Waals surface area contributed by atoms with Crippen molar-refractivity contribution in [2.75, 3.05) is 5.75 Å². The predicted octanol–water partition coefficient (Wildman–Crippen LogP) is 6.75. The van der Waals surface area contributed by atoms with Crippen LogP contribution in [-0.4, -0.2) is 16.8 Å². The van der Waals surface area contributed by atoms with E-state index in [-0.39, 0.29) is 17.1 Å². The van der Waals surface area contributed by atoms with E-state index in [4.69, 9.17) is 4.74 Å². The number of esters is 1. The number of carbonyl (C=O) groups is 1. The van der Waals surface area contributed by atoms with Gasteiger partial charge in [0.1, 0.15) is 10.7 Å². The van der Waals surface area contributed by atoms with Crippen LogP contribution in [0.2, 0.25) is 0 Å². The van der Waals surface area contributed by atoms with Crippen LogP contribution in [0.3, 0.4) is 0 Å². The number of benzene rings is 3. The zero-order valence-corrected chi connectivity index (χ0v) is 18.9. The summed E-state index contributed by atoms with van der Waals surface area (Å²) in [6.45, 7) is 2.08. The highest BCUT2D eigenvalue weighted by molar-refractivity contribution is 8.04. The summed E-state index contributed by atoms with van der Waals surface area (Å²) in [6, 6.07) is 27.7. The minimum absolute atomic E-state index is 0.0877. The number of aliphatic hydroxyl groups excluding tert-OH is 1. The first-order valence-electron chi connectivity index (χ1n) is 10.3. The van der Waals surface area contributed by atoms with Gasteiger partial charge in [0, 0.05) is 15.5 Å². The Hall–Kier alpha value is -2.63. The van der Waals surface area contributed by atoms with Gasteiger partial charge in [-0.2, -0.15) is 0 Å². The summed E-state index contributed by atoms with van der Waals surface area (Å²) < 4.78 is 6.11. The van der Waals surface area contributed by atoms with E-state index in [0.29, 0.717) is 5.75 Å². The van der Waals surface area contributed by atoms with Crippen LogP contribution in [0.4, 0.5) is 0 Å². The van der Waals surface area contributed by atoms with Crippen molar-refractivity contribution in [2.45, 2.75) is 35.2 Å². The molecular formula is C26H24O3S2. The molecule has 3 aromatic rings. The molecule has 0 amide bonds. The number of aliphatic hydroxyl groups is 1. The highest BCUT2D eigenvalue weighted by Crippen LogP contribution is 2.45. The molecule has 0 saturated heterocycles. The van der Waals surface area contributed by atoms with Gasteiger partial charge < -0.3 is 9.84 Å². The van der Waals surface area contributed by atoms with Crippen molar-refractivity contribution in [3.63, 3.8) is 0 Å². The van der Waals surface area contributed by atoms with E-state index in [1.165, 1.54) is 11.8 Å². The van der Waals surface area contributed by atoms with Gasteiger partial charge in [0.05, 0.1) is 6.42 Å². The summed E-state index contributed by atoms with van der Waals surface area (Å²) in [7, 11) is 0. The van der Waals surface area contributed by atoms with Crippen LogP contribution < -0.4 is 0 Å². The molecule has 0 radical (unpaired) electrons. The van der Waals surface area contributed by atoms with E-state index in [2.05, 4.69) is 6.92 Å². The summed E-state index contributed by atoms with van der Waals surface area (Å²) in [5, 5.41) is 11.0. The molecule has 1 unspecified atom stereocenters. The summed E-state index contributed by atoms with van der Waals surface area (Å²) in [6.07, 6.45) is 1.10. The second kappa shape index (κ2) is 9.67. The molecular weight excluding hydrogens is 424 g/mol. The third kappa shape index (κ3) is 4.83. The third-order valence-corrected chi connectivity index (χ3v) is 7.71. The maximum absolute atomic E-state index is 13.1. The molecule has 1 N–H and O–H groups in total. The first-order chi connectivity index (χ1) is 15.1. The smallest absolute Gasteiger partial charge is 0.349 e. The molecule has 0 saturated carbocycles. The number of carbonyl (C=O) groups excluding carboxylic acids is 1. The Labute approximate surface area is 191 Å². The molecule has 1 heterocycles. The minimum Gasteiger partial charge on any atom is -0.511 e. The minimum atomic E-state index is -0.919. The Morgan fingerprint density at radius 1 is 0.935 bits per heavy atom. The molecule has 3 nitrogen and oxygen atoms in total. The number of hydrogen-bond acceptors (Lipinski definition) is 5. The van der Waals surface area contributed by atoms with Gasteiger partial charge in [0.2, 0.25) is 0 Å². The zero-order valence-electron chi connectivity index (χ0n) is 17.3. The van der Waals surface area contributed by atoms with Crippen molar-refractivity contribution in [3.8, 4) is 0 Å². The molecule has 1 aliphatic rings. The van der Waals surface area contributed by atoms with Crippen LogP contribution in [0, 0.1) is 0 Å². The second-order valence-electron chi connectivity index (χ2n) is 7.37. The topological polar surface area (TPSA) is 46.5 Å². The highest BCUT2D eigenvalue weighted by Gasteiger charge is 2.44. The number of hydrogen-bond donors (Lipinski definition) is 1. The lowest BCUT2D eigenvalue weighted by atomic mass is 9.89. The van der Waals surface area contributed by atoms with E-state index in [1.807, 2.05) is 84.9 Å². The molecule has 1 atom stereocenters. The maximum atomic E-state index is 13.1. The van der Waals surface area contributed by atoms with Crippen LogP contribution in [-0.2, 0) is 21.6 Å². The summed E-state index contributed by atoms with van der Waals surface area (Å²) in [5.74, 6) is 0.127. The van der Waals surface area contributed by atoms with Gasteiger partial charge in [-0.1, -0.05) is 85.4 Å². The second-order valence-corrected chi connectivity index (χ2v) is 9.47. The van der Waals surface area contributed by atoms with Crippen molar-refractivity contribution >= 4 is 29.5 Å². The quantitative estimate of drug-likeness (QED) is 0.320. The van der Waals surface area contributed by atoms with Crippen LogP contribution in [0.5, 0.6) is 0 Å². The normalized spacial score (nSPS) is 18.7. The number of rotatable bonds is 7. The zero-order chi connectivity index (χ0) is 21.7. The standard InChI is InChI=1S/C26H24O3S2/c1-2-19-11-9-10-16-23(19)31-24-22(27)17-26(29-25(24)28,20-12-5-3-6-13-20)18-30-21-14-7-4-8-15-21/h3-16,27H,2,17-18H2,1H3. The van der Waals surface area contributed by atoms with Gasteiger partial charge in [0.25, 0.3) is 0 Å². The average molecular weight is 449 g/mol. The number of thioether (sulfide) groups is 2. The number of cyclic esters (lactones) is 1. The number of aryl methyl sites for hydroxylation is 1. The average Bonchev–Trinajstić information content (AvgIpc) is 2.81. The largest absolute Gasteiger partial charge is 0.511 e. The molecule has 158 valence electrons. The lowest BCUT2D eigenvalue weighted by Crippen LogP contribution is -2.39. The van der Waals surface area contributed by atoms with Crippen LogP contribution in [0.25, 0.3) is 0 Å². The van der Waals surface area contributed by atoms with Gasteiger partial charge in [0.15, 0.2) is 5.60 Å². The predicted molar refractivity (Wildman–Crippen MR) is 127 cm³/mol. The van der Waals surface area contributed by atoms with E-state index in [0.717, 1.165) is 27.3 Å². The van der Waals surface area contributed by atoms with Gasteiger partial charge in [-0.25, -0.2) is 4.79 Å². The summed E-state index contributed by atoms with van der Waals surface area (Å²) >= 11 is 2.91. The van der Waals surface area contributed by atoms with Crippen LogP contribution >= 0.6 is 23.5 Å². The molecule has 0 aliphatic carbocycles. The Balaban J connectivity index is 1.65. The fourth-order valence-electron chi connectivity index (χ4n) is 3.62. The molecule has 0 aromatic heterocycles. The molecule has 31 heavy (non-hydrogen) atoms. The molecule has 5 heteroatoms. The SMILES string of the molecule is CCc1ccccc1SC1=C(O)CC(CSc2ccccc2)(c2ccccc2)OC1=O. The van der Waals surface area contributed by atoms with Crippen LogP contribution in [0.15, 0.2) is 105 Å². The van der Waals surface area contributed by atoms with E-state index >= 15 is 0 Å². The van der Waals surface area contributed by atoms with Gasteiger partial charge >= 0.3 is 5.97 Å². The molecule has 0 bridgehead atoms. The van der Waals surface area contributed by atoms with Gasteiger partial charge in [-0.05, 0) is 35.7 Å². The number of ether oxygens (including phenoxy) is 1. The molecule has 1 aliphatic heterocycles. The lowest BCUT2D eigenvalue weighted by Gasteiger charge is -2.37. The molecule has 3 aromatic carbocycles. The van der Waals surface area contributed by atoms with Gasteiger partial charge in [-0.15, -0.1) is 11.8 Å². The van der Waals surface area contributed by atoms with Gasteiger partial charge in [-0.3, -0.25) is 0 Å². The van der Waals surface area contributed by atoms with Crippen molar-refractivity contribution in [1.82, 2.24) is 0 Å². The van der Waals surface area contributed by atoms with E-state index < -0.39 is 11.6 Å². The van der Waals surface area contributed by atoms with Crippen LogP contribution in [0.1, 0.15) is 24.5 Å². The summed E-state index contributed by atoms with van der Waals surface area (Å²) in [5.41, 5.74) is 1.11. The molecule has 4 rings (SSSR count). The van der Waals surface area contributed by atoms with Crippen molar-refractivity contribution in [2.24, 2.45) is 0 Å². The summed E-state index contributed by atoms with van der Waals surface area (Å²) in [4.78, 5) is 15.5.